The molecule has 0 aliphatic carbocycles. The number of halogens is 3. The van der Waals surface area contributed by atoms with Crippen LogP contribution >= 0.6 is 0 Å². The number of para-hydroxylation sites is 1. The number of H-pyrrole nitrogens is 1. The Morgan fingerprint density at radius 3 is 2.27 bits per heavy atom. The van der Waals surface area contributed by atoms with E-state index in [0.717, 1.165) is 22.8 Å². The first-order chi connectivity index (χ1) is 10.4. The van der Waals surface area contributed by atoms with Crippen molar-refractivity contribution in [3.8, 4) is 5.69 Å². The number of aromatic amines is 1. The van der Waals surface area contributed by atoms with E-state index >= 15 is 0 Å². The highest BCUT2D eigenvalue weighted by Gasteiger charge is 2.31. The molecule has 1 heterocycles. The van der Waals surface area contributed by atoms with Gasteiger partial charge in [-0.1, -0.05) is 18.2 Å². The summed E-state index contributed by atoms with van der Waals surface area (Å²) in [6, 6.07) is 10.8. The predicted molar refractivity (Wildman–Crippen MR) is 75.2 cm³/mol. The van der Waals surface area contributed by atoms with Crippen molar-refractivity contribution in [3.05, 3.63) is 74.9 Å². The third-order valence-corrected chi connectivity index (χ3v) is 3.25. The lowest BCUT2D eigenvalue weighted by Crippen LogP contribution is -2.29. The van der Waals surface area contributed by atoms with E-state index in [1.165, 1.54) is 0 Å². The van der Waals surface area contributed by atoms with Crippen molar-refractivity contribution in [2.45, 2.75) is 6.18 Å². The Morgan fingerprint density at radius 2 is 1.64 bits per heavy atom. The number of nitrogens with one attached hydrogen (secondary N) is 1. The number of rotatable bonds is 1. The Morgan fingerprint density at radius 1 is 0.955 bits per heavy atom. The molecule has 0 amide bonds. The smallest absolute Gasteiger partial charge is 0.273 e. The largest absolute Gasteiger partial charge is 0.416 e. The fourth-order valence-electron chi connectivity index (χ4n) is 2.25. The second-order valence-electron chi connectivity index (χ2n) is 4.66. The molecule has 1 aromatic heterocycles. The molecular formula is C15H9F3N2O2. The van der Waals surface area contributed by atoms with E-state index in [-0.39, 0.29) is 10.9 Å². The summed E-state index contributed by atoms with van der Waals surface area (Å²) in [4.78, 5) is 25.9. The molecule has 0 aliphatic rings. The Hall–Kier alpha value is -2.83. The van der Waals surface area contributed by atoms with Crippen LogP contribution in [0, 0.1) is 0 Å². The van der Waals surface area contributed by atoms with Gasteiger partial charge >= 0.3 is 11.9 Å². The summed E-state index contributed by atoms with van der Waals surface area (Å²) in [5.41, 5.74) is -2.15. The van der Waals surface area contributed by atoms with E-state index in [2.05, 4.69) is 4.98 Å². The predicted octanol–water partition coefficient (Wildman–Crippen LogP) is 2.70. The summed E-state index contributed by atoms with van der Waals surface area (Å²) < 4.78 is 39.7. The second kappa shape index (κ2) is 4.87. The van der Waals surface area contributed by atoms with E-state index in [9.17, 15) is 22.8 Å². The van der Waals surface area contributed by atoms with Gasteiger partial charge in [-0.15, -0.1) is 0 Å². The van der Waals surface area contributed by atoms with Crippen molar-refractivity contribution in [2.75, 3.05) is 0 Å². The third-order valence-electron chi connectivity index (χ3n) is 3.25. The van der Waals surface area contributed by atoms with Crippen LogP contribution in [0.15, 0.2) is 58.1 Å². The van der Waals surface area contributed by atoms with Crippen LogP contribution in [0.25, 0.3) is 16.6 Å². The minimum atomic E-state index is -4.56. The van der Waals surface area contributed by atoms with Gasteiger partial charge in [0.1, 0.15) is 0 Å². The molecule has 0 fully saturated rings. The molecule has 0 bridgehead atoms. The summed E-state index contributed by atoms with van der Waals surface area (Å²) in [5.74, 6) is 0. The maximum Gasteiger partial charge on any atom is 0.416 e. The van der Waals surface area contributed by atoms with Gasteiger partial charge in [0.25, 0.3) is 5.56 Å². The molecule has 0 saturated heterocycles. The molecular weight excluding hydrogens is 297 g/mol. The van der Waals surface area contributed by atoms with Gasteiger partial charge in [0, 0.05) is 0 Å². The topological polar surface area (TPSA) is 54.9 Å². The molecule has 0 saturated carbocycles. The van der Waals surface area contributed by atoms with Gasteiger partial charge in [-0.25, -0.2) is 4.79 Å². The van der Waals surface area contributed by atoms with Crippen LogP contribution in [-0.4, -0.2) is 9.55 Å². The third kappa shape index (κ3) is 2.30. The lowest BCUT2D eigenvalue weighted by atomic mass is 10.1. The maximum absolute atomic E-state index is 12.9. The quantitative estimate of drug-likeness (QED) is 0.751. The zero-order chi connectivity index (χ0) is 15.9. The van der Waals surface area contributed by atoms with Gasteiger partial charge < -0.3 is 0 Å². The standard InChI is InChI=1S/C15H9F3N2O2/c16-15(17,18)9-6-7-11-12(8-9)20(14(22)19-13(11)21)10-4-2-1-3-5-10/h1-8H,(H,19,21,22). The molecule has 0 radical (unpaired) electrons. The highest BCUT2D eigenvalue weighted by atomic mass is 19.4. The zero-order valence-corrected chi connectivity index (χ0v) is 11.0. The lowest BCUT2D eigenvalue weighted by Gasteiger charge is -2.12. The van der Waals surface area contributed by atoms with E-state index in [1.807, 2.05) is 0 Å². The van der Waals surface area contributed by atoms with Crippen molar-refractivity contribution >= 4 is 10.9 Å². The molecule has 112 valence electrons. The molecule has 7 heteroatoms. The average molecular weight is 306 g/mol. The molecule has 0 spiro atoms. The average Bonchev–Trinajstić information content (AvgIpc) is 2.47. The van der Waals surface area contributed by atoms with Crippen molar-refractivity contribution < 1.29 is 13.2 Å². The highest BCUT2D eigenvalue weighted by molar-refractivity contribution is 5.80. The first kappa shape index (κ1) is 14.1. The first-order valence-corrected chi connectivity index (χ1v) is 6.29. The van der Waals surface area contributed by atoms with Crippen LogP contribution in [-0.2, 0) is 6.18 Å². The number of hydrogen-bond donors (Lipinski definition) is 1. The van der Waals surface area contributed by atoms with Crippen LogP contribution in [0.3, 0.4) is 0 Å². The van der Waals surface area contributed by atoms with E-state index in [1.54, 1.807) is 30.3 Å². The zero-order valence-electron chi connectivity index (χ0n) is 11.0. The maximum atomic E-state index is 12.9. The van der Waals surface area contributed by atoms with E-state index in [0.29, 0.717) is 5.69 Å². The fraction of sp³-hybridized carbons (Fsp3) is 0.0667. The van der Waals surface area contributed by atoms with Crippen molar-refractivity contribution in [3.63, 3.8) is 0 Å². The van der Waals surface area contributed by atoms with Crippen molar-refractivity contribution in [1.29, 1.82) is 0 Å². The minimum absolute atomic E-state index is 0.0106. The van der Waals surface area contributed by atoms with Crippen molar-refractivity contribution in [1.82, 2.24) is 9.55 Å². The SMILES string of the molecule is O=c1[nH]c(=O)n(-c2ccccc2)c2cc(C(F)(F)F)ccc12. The van der Waals surface area contributed by atoms with Crippen LogP contribution in [0.1, 0.15) is 5.56 Å². The van der Waals surface area contributed by atoms with E-state index < -0.39 is 23.0 Å². The summed E-state index contributed by atoms with van der Waals surface area (Å²) in [5, 5.41) is 0.0106. The van der Waals surface area contributed by atoms with Gasteiger partial charge in [0.2, 0.25) is 0 Å². The van der Waals surface area contributed by atoms with Gasteiger partial charge in [-0.05, 0) is 30.3 Å². The summed E-state index contributed by atoms with van der Waals surface area (Å²) in [6.45, 7) is 0. The Balaban J connectivity index is 2.45. The van der Waals surface area contributed by atoms with Crippen LogP contribution < -0.4 is 11.2 Å². The molecule has 2 aromatic carbocycles. The molecule has 22 heavy (non-hydrogen) atoms. The Labute approximate surface area is 121 Å². The monoisotopic (exact) mass is 306 g/mol. The number of aromatic nitrogens is 2. The van der Waals surface area contributed by atoms with Crippen LogP contribution in [0.4, 0.5) is 13.2 Å². The number of hydrogen-bond acceptors (Lipinski definition) is 2. The number of nitrogens with zero attached hydrogens (tertiary/aromatic N) is 1. The van der Waals surface area contributed by atoms with Gasteiger partial charge in [0.05, 0.1) is 22.2 Å². The van der Waals surface area contributed by atoms with Gasteiger partial charge in [0.15, 0.2) is 0 Å². The number of benzene rings is 2. The molecule has 3 rings (SSSR count). The van der Waals surface area contributed by atoms with Crippen molar-refractivity contribution in [2.24, 2.45) is 0 Å². The van der Waals surface area contributed by atoms with Gasteiger partial charge in [-0.3, -0.25) is 14.3 Å². The summed E-state index contributed by atoms with van der Waals surface area (Å²) in [6.07, 6.45) is -4.56. The van der Waals surface area contributed by atoms with Crippen LogP contribution in [0.2, 0.25) is 0 Å². The Kier molecular flexibility index (Phi) is 3.13. The normalized spacial score (nSPS) is 11.8. The minimum Gasteiger partial charge on any atom is -0.273 e. The first-order valence-electron chi connectivity index (χ1n) is 6.29. The van der Waals surface area contributed by atoms with Crippen LogP contribution in [0.5, 0.6) is 0 Å². The van der Waals surface area contributed by atoms with E-state index in [4.69, 9.17) is 0 Å². The molecule has 1 N–H and O–H groups in total. The Bertz CT molecular complexity index is 956. The lowest BCUT2D eigenvalue weighted by molar-refractivity contribution is -0.137. The molecule has 3 aromatic rings. The molecule has 0 aliphatic heterocycles. The molecule has 0 unspecified atom stereocenters. The second-order valence-corrected chi connectivity index (χ2v) is 4.66. The molecule has 0 atom stereocenters. The van der Waals surface area contributed by atoms with Gasteiger partial charge in [-0.2, -0.15) is 13.2 Å². The summed E-state index contributed by atoms with van der Waals surface area (Å²) >= 11 is 0. The molecule has 4 nitrogen and oxygen atoms in total. The number of alkyl halides is 3. The number of fused-ring (bicyclic) bond motifs is 1. The fourth-order valence-corrected chi connectivity index (χ4v) is 2.25. The highest BCUT2D eigenvalue weighted by Crippen LogP contribution is 2.30. The summed E-state index contributed by atoms with van der Waals surface area (Å²) in [7, 11) is 0.